The van der Waals surface area contributed by atoms with Crippen molar-refractivity contribution in [2.24, 2.45) is 5.92 Å². The van der Waals surface area contributed by atoms with Crippen LogP contribution in [0.15, 0.2) is 0 Å². The van der Waals surface area contributed by atoms with E-state index in [0.29, 0.717) is 18.8 Å². The number of urea groups is 1. The van der Waals surface area contributed by atoms with Crippen molar-refractivity contribution in [1.29, 1.82) is 0 Å². The van der Waals surface area contributed by atoms with Gasteiger partial charge in [-0.05, 0) is 70.9 Å². The molecule has 1 spiro atoms. The lowest BCUT2D eigenvalue weighted by atomic mass is 9.77. The van der Waals surface area contributed by atoms with Gasteiger partial charge in [-0.2, -0.15) is 0 Å². The van der Waals surface area contributed by atoms with Crippen molar-refractivity contribution in [2.45, 2.75) is 83.2 Å². The molecule has 0 unspecified atom stereocenters. The highest BCUT2D eigenvalue weighted by Gasteiger charge is 2.52. The molecule has 7 nitrogen and oxygen atoms in total. The van der Waals surface area contributed by atoms with Gasteiger partial charge in [-0.1, -0.05) is 19.8 Å². The van der Waals surface area contributed by atoms with Crippen molar-refractivity contribution >= 4 is 17.8 Å². The van der Waals surface area contributed by atoms with Crippen LogP contribution in [0.5, 0.6) is 0 Å². The molecule has 2 N–H and O–H groups in total. The van der Waals surface area contributed by atoms with Gasteiger partial charge >= 0.3 is 6.03 Å². The molecule has 0 aromatic carbocycles. The second-order valence-corrected chi connectivity index (χ2v) is 9.10. The second kappa shape index (κ2) is 9.25. The zero-order valence-electron chi connectivity index (χ0n) is 17.5. The van der Waals surface area contributed by atoms with Gasteiger partial charge in [-0.25, -0.2) is 4.79 Å². The maximum atomic E-state index is 12.8. The van der Waals surface area contributed by atoms with Gasteiger partial charge in [0.1, 0.15) is 12.1 Å². The van der Waals surface area contributed by atoms with Gasteiger partial charge in [0.15, 0.2) is 0 Å². The van der Waals surface area contributed by atoms with Gasteiger partial charge in [0.2, 0.25) is 5.91 Å². The van der Waals surface area contributed by atoms with E-state index < -0.39 is 11.6 Å². The van der Waals surface area contributed by atoms with E-state index in [9.17, 15) is 14.4 Å². The minimum absolute atomic E-state index is 0.0287. The maximum absolute atomic E-state index is 12.8. The Labute approximate surface area is 168 Å². The number of nitrogens with one attached hydrogen (secondary N) is 2. The first-order valence-electron chi connectivity index (χ1n) is 11.1. The molecule has 3 rings (SSSR count). The van der Waals surface area contributed by atoms with E-state index in [-0.39, 0.29) is 24.4 Å². The molecule has 0 aromatic heterocycles. The van der Waals surface area contributed by atoms with Crippen molar-refractivity contribution in [3.63, 3.8) is 0 Å². The first-order chi connectivity index (χ1) is 13.4. The van der Waals surface area contributed by atoms with Crippen molar-refractivity contribution in [2.75, 3.05) is 26.2 Å². The Morgan fingerprint density at radius 3 is 2.46 bits per heavy atom. The first-order valence-corrected chi connectivity index (χ1v) is 11.1. The van der Waals surface area contributed by atoms with Crippen molar-refractivity contribution < 1.29 is 14.4 Å². The minimum Gasteiger partial charge on any atom is -0.352 e. The molecule has 28 heavy (non-hydrogen) atoms. The lowest BCUT2D eigenvalue weighted by Gasteiger charge is -2.33. The highest BCUT2D eigenvalue weighted by Crippen LogP contribution is 2.36. The van der Waals surface area contributed by atoms with Gasteiger partial charge in [-0.15, -0.1) is 0 Å². The second-order valence-electron chi connectivity index (χ2n) is 9.10. The van der Waals surface area contributed by atoms with Crippen LogP contribution in [0.2, 0.25) is 0 Å². The summed E-state index contributed by atoms with van der Waals surface area (Å²) in [6.45, 7) is 7.24. The van der Waals surface area contributed by atoms with Crippen LogP contribution in [0.4, 0.5) is 4.79 Å². The summed E-state index contributed by atoms with van der Waals surface area (Å²) in [4.78, 5) is 41.2. The van der Waals surface area contributed by atoms with Crippen molar-refractivity contribution in [3.8, 4) is 0 Å². The number of hydrogen-bond donors (Lipinski definition) is 2. The molecular formula is C21H36N4O3. The van der Waals surface area contributed by atoms with E-state index in [1.165, 1.54) is 25.7 Å². The van der Waals surface area contributed by atoms with Crippen LogP contribution in [0.25, 0.3) is 0 Å². The molecule has 1 saturated carbocycles. The molecule has 3 fully saturated rings. The highest BCUT2D eigenvalue weighted by molar-refractivity contribution is 6.09. The van der Waals surface area contributed by atoms with E-state index in [4.69, 9.17) is 0 Å². The molecular weight excluding hydrogens is 356 g/mol. The molecule has 1 aliphatic carbocycles. The fourth-order valence-corrected chi connectivity index (χ4v) is 4.69. The normalized spacial score (nSPS) is 30.2. The Hall–Kier alpha value is -1.63. The molecule has 0 radical (unpaired) electrons. The monoisotopic (exact) mass is 392 g/mol. The smallest absolute Gasteiger partial charge is 0.325 e. The predicted molar refractivity (Wildman–Crippen MR) is 108 cm³/mol. The van der Waals surface area contributed by atoms with Gasteiger partial charge < -0.3 is 15.5 Å². The van der Waals surface area contributed by atoms with Crippen molar-refractivity contribution in [1.82, 2.24) is 20.4 Å². The lowest BCUT2D eigenvalue weighted by Crippen LogP contribution is -2.50. The van der Waals surface area contributed by atoms with Crippen LogP contribution in [0, 0.1) is 5.92 Å². The Kier molecular flexibility index (Phi) is 6.96. The molecule has 1 atom stereocenters. The summed E-state index contributed by atoms with van der Waals surface area (Å²) in [6, 6.07) is -0.395. The number of amides is 4. The van der Waals surface area contributed by atoms with E-state index in [0.717, 1.165) is 43.8 Å². The van der Waals surface area contributed by atoms with Crippen LogP contribution >= 0.6 is 0 Å². The van der Waals surface area contributed by atoms with Crippen LogP contribution in [-0.4, -0.2) is 65.4 Å². The van der Waals surface area contributed by atoms with Gasteiger partial charge in [-0.3, -0.25) is 14.5 Å². The van der Waals surface area contributed by atoms with E-state index >= 15 is 0 Å². The number of carbonyl (C=O) groups excluding carboxylic acids is 3. The number of rotatable bonds is 6. The molecule has 0 aromatic rings. The topological polar surface area (TPSA) is 81.8 Å². The average Bonchev–Trinajstić information content (AvgIpc) is 2.86. The number of imide groups is 1. The van der Waals surface area contributed by atoms with Crippen molar-refractivity contribution in [3.05, 3.63) is 0 Å². The molecule has 2 saturated heterocycles. The number of nitrogens with zero attached hydrogens (tertiary/aromatic N) is 2. The number of likely N-dealkylation sites (tertiary alicyclic amines) is 1. The summed E-state index contributed by atoms with van der Waals surface area (Å²) in [6.07, 6.45) is 9.23. The summed E-state index contributed by atoms with van der Waals surface area (Å²) < 4.78 is 0. The van der Waals surface area contributed by atoms with E-state index in [1.54, 1.807) is 0 Å². The Morgan fingerprint density at radius 2 is 1.82 bits per heavy atom. The molecule has 2 aliphatic heterocycles. The Balaban J connectivity index is 1.44. The van der Waals surface area contributed by atoms with Crippen LogP contribution in [-0.2, 0) is 9.59 Å². The van der Waals surface area contributed by atoms with Gasteiger partial charge in [0.25, 0.3) is 5.91 Å². The summed E-state index contributed by atoms with van der Waals surface area (Å²) in [5, 5.41) is 5.84. The maximum Gasteiger partial charge on any atom is 0.325 e. The van der Waals surface area contributed by atoms with Crippen LogP contribution < -0.4 is 10.6 Å². The van der Waals surface area contributed by atoms with E-state index in [1.807, 2.05) is 6.92 Å². The Morgan fingerprint density at radius 1 is 1.18 bits per heavy atom. The summed E-state index contributed by atoms with van der Waals surface area (Å²) in [7, 11) is 0. The quantitative estimate of drug-likeness (QED) is 0.680. The fraction of sp³-hybridized carbons (Fsp3) is 0.857. The minimum atomic E-state index is -0.776. The van der Waals surface area contributed by atoms with Gasteiger partial charge in [0, 0.05) is 12.6 Å². The Bertz CT molecular complexity index is 578. The predicted octanol–water partition coefficient (Wildman–Crippen LogP) is 2.26. The molecule has 4 amide bonds. The third-order valence-corrected chi connectivity index (χ3v) is 6.66. The van der Waals surface area contributed by atoms with Crippen LogP contribution in [0.1, 0.15) is 71.6 Å². The number of carbonyl (C=O) groups is 3. The largest absolute Gasteiger partial charge is 0.352 e. The van der Waals surface area contributed by atoms with E-state index in [2.05, 4.69) is 22.5 Å². The lowest BCUT2D eigenvalue weighted by molar-refractivity contribution is -0.136. The fourth-order valence-electron chi connectivity index (χ4n) is 4.69. The molecule has 158 valence electrons. The third kappa shape index (κ3) is 5.04. The standard InChI is InChI=1S/C21H36N4O3/c1-16-7-10-21(11-8-16)19(27)25(20(28)23-21)15-18(26)22-17(2)9-14-24-12-5-3-4-6-13-24/h16-17H,3-15H2,1-2H3,(H,22,26)(H,23,28)/t16?,17-,21?/m1/s1. The molecule has 3 aliphatic rings. The molecule has 2 heterocycles. The average molecular weight is 393 g/mol. The zero-order valence-corrected chi connectivity index (χ0v) is 17.5. The molecule has 0 bridgehead atoms. The highest BCUT2D eigenvalue weighted by atomic mass is 16.2. The molecule has 7 heteroatoms. The zero-order chi connectivity index (χ0) is 20.1. The SMILES string of the molecule is CC1CCC2(CC1)NC(=O)N(CC(=O)N[C@H](C)CCN1CCCCCC1)C2=O. The summed E-state index contributed by atoms with van der Waals surface area (Å²) in [5.41, 5.74) is -0.776. The van der Waals surface area contributed by atoms with Crippen LogP contribution in [0.3, 0.4) is 0 Å². The number of hydrogen-bond acceptors (Lipinski definition) is 4. The summed E-state index contributed by atoms with van der Waals surface area (Å²) in [5.74, 6) is 0.0996. The third-order valence-electron chi connectivity index (χ3n) is 6.66. The van der Waals surface area contributed by atoms with Gasteiger partial charge in [0.05, 0.1) is 0 Å². The summed E-state index contributed by atoms with van der Waals surface area (Å²) >= 11 is 0. The first kappa shape index (κ1) is 21.1.